The average molecular weight is 115 g/mol. The summed E-state index contributed by atoms with van der Waals surface area (Å²) in [6.07, 6.45) is 0. The summed E-state index contributed by atoms with van der Waals surface area (Å²) in [7, 11) is 0. The van der Waals surface area contributed by atoms with E-state index in [1.165, 1.54) is 0 Å². The number of hydrogen-bond acceptors (Lipinski definition) is 2. The van der Waals surface area contributed by atoms with Crippen LogP contribution in [-0.4, -0.2) is 17.6 Å². The number of urea groups is 1. The van der Waals surface area contributed by atoms with E-state index in [1.807, 2.05) is 0 Å². The fraction of sp³-hybridized carbons (Fsp3) is 0.333. The van der Waals surface area contributed by atoms with Crippen LogP contribution < -0.4 is 10.6 Å². The standard InChI is InChI=1S/C3H3N2OS/c6-3-4-1-2(7)5-3/h1H2,(H,5,6,7). The average Bonchev–Trinajstić information content (AvgIpc) is 1.87. The maximum atomic E-state index is 10.1. The minimum absolute atomic E-state index is 0.315. The van der Waals surface area contributed by atoms with Crippen LogP contribution >= 0.6 is 12.2 Å². The Bertz CT molecular complexity index is 108. The van der Waals surface area contributed by atoms with Crippen molar-refractivity contribution in [3.05, 3.63) is 0 Å². The summed E-state index contributed by atoms with van der Waals surface area (Å²) in [4.78, 5) is 10.6. The van der Waals surface area contributed by atoms with Crippen LogP contribution in [0.15, 0.2) is 0 Å². The summed E-state index contributed by atoms with van der Waals surface area (Å²) in [6.45, 7) is 0.369. The van der Waals surface area contributed by atoms with Gasteiger partial charge >= 0.3 is 6.03 Å². The Morgan fingerprint density at radius 3 is 2.71 bits per heavy atom. The molecule has 0 aromatic carbocycles. The molecule has 1 rings (SSSR count). The van der Waals surface area contributed by atoms with Gasteiger partial charge < -0.3 is 0 Å². The highest BCUT2D eigenvalue weighted by Gasteiger charge is 2.12. The largest absolute Gasteiger partial charge is 0.341 e. The number of hydrogen-bond donors (Lipinski definition) is 1. The minimum atomic E-state index is -0.315. The molecule has 1 N–H and O–H groups in total. The molecule has 0 aromatic rings. The third kappa shape index (κ3) is 0.866. The molecule has 1 aliphatic heterocycles. The van der Waals surface area contributed by atoms with E-state index in [9.17, 15) is 4.79 Å². The molecule has 3 nitrogen and oxygen atoms in total. The first-order chi connectivity index (χ1) is 3.29. The summed E-state index contributed by atoms with van der Waals surface area (Å²) in [5, 5.41) is 5.77. The van der Waals surface area contributed by atoms with Crippen LogP contribution in [0.1, 0.15) is 0 Å². The van der Waals surface area contributed by atoms with E-state index in [4.69, 9.17) is 0 Å². The quantitative estimate of drug-likeness (QED) is 0.438. The number of carbonyl (C=O) groups is 1. The van der Waals surface area contributed by atoms with Gasteiger partial charge in [-0.15, -0.1) is 0 Å². The predicted octanol–water partition coefficient (Wildman–Crippen LogP) is -0.359. The lowest BCUT2D eigenvalue weighted by Gasteiger charge is -1.79. The van der Waals surface area contributed by atoms with Crippen molar-refractivity contribution in [2.45, 2.75) is 0 Å². The van der Waals surface area contributed by atoms with E-state index in [1.54, 1.807) is 0 Å². The topological polar surface area (TPSA) is 43.2 Å². The SMILES string of the molecule is O=C1[N]CC(=S)N1. The van der Waals surface area contributed by atoms with E-state index in [0.717, 1.165) is 0 Å². The number of rotatable bonds is 0. The van der Waals surface area contributed by atoms with E-state index in [0.29, 0.717) is 11.5 Å². The molecular weight excluding hydrogens is 112 g/mol. The molecule has 0 unspecified atom stereocenters. The normalized spacial score (nSPS) is 18.9. The van der Waals surface area contributed by atoms with Crippen molar-refractivity contribution in [1.29, 1.82) is 0 Å². The van der Waals surface area contributed by atoms with Crippen LogP contribution in [0.5, 0.6) is 0 Å². The van der Waals surface area contributed by atoms with E-state index in [2.05, 4.69) is 22.9 Å². The highest BCUT2D eigenvalue weighted by molar-refractivity contribution is 7.80. The third-order valence-electron chi connectivity index (χ3n) is 0.613. The van der Waals surface area contributed by atoms with Crippen molar-refractivity contribution in [2.75, 3.05) is 6.54 Å². The molecule has 1 fully saturated rings. The molecule has 0 aromatic heterocycles. The molecule has 1 heterocycles. The summed E-state index contributed by atoms with van der Waals surface area (Å²) in [6, 6.07) is -0.315. The van der Waals surface area contributed by atoms with Gasteiger partial charge in [-0.25, -0.2) is 10.1 Å². The molecule has 0 aliphatic carbocycles. The smallest absolute Gasteiger partial charge is 0.299 e. The number of nitrogens with one attached hydrogen (secondary N) is 1. The Labute approximate surface area is 46.1 Å². The molecule has 37 valence electrons. The van der Waals surface area contributed by atoms with Gasteiger partial charge in [0.15, 0.2) is 0 Å². The summed E-state index contributed by atoms with van der Waals surface area (Å²) < 4.78 is 0. The minimum Gasteiger partial charge on any atom is -0.299 e. The molecule has 1 radical (unpaired) electrons. The van der Waals surface area contributed by atoms with Gasteiger partial charge in [0.1, 0.15) is 4.99 Å². The van der Waals surface area contributed by atoms with E-state index < -0.39 is 0 Å². The lowest BCUT2D eigenvalue weighted by atomic mass is 10.7. The third-order valence-corrected chi connectivity index (χ3v) is 0.844. The lowest BCUT2D eigenvalue weighted by molar-refractivity contribution is 0.249. The molecule has 1 saturated heterocycles. The Hall–Kier alpha value is -0.640. The fourth-order valence-corrected chi connectivity index (χ4v) is 0.494. The Balaban J connectivity index is 2.55. The monoisotopic (exact) mass is 115 g/mol. The zero-order valence-electron chi connectivity index (χ0n) is 3.47. The predicted molar refractivity (Wildman–Crippen MR) is 28.1 cm³/mol. The van der Waals surface area contributed by atoms with Crippen LogP contribution in [0.4, 0.5) is 4.79 Å². The van der Waals surface area contributed by atoms with Gasteiger partial charge in [0.25, 0.3) is 0 Å². The van der Waals surface area contributed by atoms with Crippen LogP contribution in [0.2, 0.25) is 0 Å². The van der Waals surface area contributed by atoms with Gasteiger partial charge in [-0.1, -0.05) is 12.2 Å². The van der Waals surface area contributed by atoms with Crippen LogP contribution in [-0.2, 0) is 0 Å². The number of nitrogens with zero attached hydrogens (tertiary/aromatic N) is 1. The zero-order valence-corrected chi connectivity index (χ0v) is 4.29. The molecule has 2 amide bonds. The summed E-state index contributed by atoms with van der Waals surface area (Å²) >= 11 is 4.57. The molecule has 7 heavy (non-hydrogen) atoms. The van der Waals surface area contributed by atoms with Crippen LogP contribution in [0.3, 0.4) is 0 Å². The van der Waals surface area contributed by atoms with Crippen molar-refractivity contribution >= 4 is 23.2 Å². The highest BCUT2D eigenvalue weighted by atomic mass is 32.1. The maximum absolute atomic E-state index is 10.1. The van der Waals surface area contributed by atoms with Gasteiger partial charge in [0.05, 0.1) is 6.54 Å². The molecule has 0 atom stereocenters. The maximum Gasteiger partial charge on any atom is 0.341 e. The molecule has 0 spiro atoms. The van der Waals surface area contributed by atoms with E-state index >= 15 is 0 Å². The van der Waals surface area contributed by atoms with Gasteiger partial charge in [-0.3, -0.25) is 5.32 Å². The van der Waals surface area contributed by atoms with Gasteiger partial charge in [-0.05, 0) is 0 Å². The van der Waals surface area contributed by atoms with Crippen molar-refractivity contribution in [3.63, 3.8) is 0 Å². The van der Waals surface area contributed by atoms with Crippen molar-refractivity contribution in [3.8, 4) is 0 Å². The molecular formula is C3H3N2OS. The van der Waals surface area contributed by atoms with Gasteiger partial charge in [0.2, 0.25) is 0 Å². The molecule has 1 aliphatic rings. The zero-order chi connectivity index (χ0) is 5.28. The second-order valence-corrected chi connectivity index (χ2v) is 1.66. The Morgan fingerprint density at radius 2 is 2.57 bits per heavy atom. The van der Waals surface area contributed by atoms with Gasteiger partial charge in [-0.2, -0.15) is 0 Å². The first kappa shape index (κ1) is 4.52. The number of amides is 2. The van der Waals surface area contributed by atoms with Gasteiger partial charge in [0, 0.05) is 0 Å². The second-order valence-electron chi connectivity index (χ2n) is 1.17. The van der Waals surface area contributed by atoms with Crippen molar-refractivity contribution in [2.24, 2.45) is 0 Å². The highest BCUT2D eigenvalue weighted by Crippen LogP contribution is 1.81. The Morgan fingerprint density at radius 1 is 1.86 bits per heavy atom. The molecule has 0 saturated carbocycles. The Kier molecular flexibility index (Phi) is 0.941. The number of thiocarbonyl (C=S) groups is 1. The first-order valence-corrected chi connectivity index (χ1v) is 2.21. The molecule has 0 bridgehead atoms. The summed E-state index contributed by atoms with van der Waals surface area (Å²) in [5.41, 5.74) is 0. The van der Waals surface area contributed by atoms with Crippen molar-refractivity contribution in [1.82, 2.24) is 10.6 Å². The lowest BCUT2D eigenvalue weighted by Crippen LogP contribution is -2.18. The fourth-order valence-electron chi connectivity index (χ4n) is 0.342. The second kappa shape index (κ2) is 1.46. The van der Waals surface area contributed by atoms with Crippen LogP contribution in [0.25, 0.3) is 0 Å². The molecule has 4 heteroatoms. The number of carbonyl (C=O) groups excluding carboxylic acids is 1. The first-order valence-electron chi connectivity index (χ1n) is 1.80. The van der Waals surface area contributed by atoms with Crippen LogP contribution in [0, 0.1) is 0 Å². The van der Waals surface area contributed by atoms with Crippen molar-refractivity contribution < 1.29 is 4.79 Å². The summed E-state index contributed by atoms with van der Waals surface area (Å²) in [5.74, 6) is 0. The van der Waals surface area contributed by atoms with E-state index in [-0.39, 0.29) is 6.03 Å².